The summed E-state index contributed by atoms with van der Waals surface area (Å²) in [6.07, 6.45) is 0.901. The topological polar surface area (TPSA) is 47.6 Å². The van der Waals surface area contributed by atoms with Gasteiger partial charge in [-0.15, -0.1) is 0 Å². The number of urea groups is 1. The Labute approximate surface area is 172 Å². The van der Waals surface area contributed by atoms with Gasteiger partial charge in [0.05, 0.1) is 0 Å². The molecule has 1 saturated heterocycles. The molecular formula is C23H31FN4O. The average Bonchev–Trinajstić information content (AvgIpc) is 2.71. The highest BCUT2D eigenvalue weighted by molar-refractivity contribution is 5.74. The summed E-state index contributed by atoms with van der Waals surface area (Å²) in [5.74, 6) is -0.291. The van der Waals surface area contributed by atoms with E-state index in [0.717, 1.165) is 44.7 Å². The molecule has 1 aliphatic rings. The third-order valence-corrected chi connectivity index (χ3v) is 5.34. The highest BCUT2D eigenvalue weighted by atomic mass is 19.1. The second-order valence-electron chi connectivity index (χ2n) is 7.81. The molecule has 1 aliphatic heterocycles. The molecule has 0 bridgehead atoms. The summed E-state index contributed by atoms with van der Waals surface area (Å²) in [6, 6.07) is 14.8. The lowest BCUT2D eigenvalue weighted by molar-refractivity contribution is 0.227. The number of hydrogen-bond donors (Lipinski definition) is 2. The highest BCUT2D eigenvalue weighted by Crippen LogP contribution is 2.17. The van der Waals surface area contributed by atoms with Crippen molar-refractivity contribution < 1.29 is 9.18 Å². The van der Waals surface area contributed by atoms with Crippen molar-refractivity contribution in [2.75, 3.05) is 37.6 Å². The number of amides is 2. The Morgan fingerprint density at radius 1 is 1.10 bits per heavy atom. The van der Waals surface area contributed by atoms with E-state index in [0.29, 0.717) is 6.54 Å². The maximum Gasteiger partial charge on any atom is 0.315 e. The molecule has 156 valence electrons. The van der Waals surface area contributed by atoms with Crippen molar-refractivity contribution in [3.05, 3.63) is 65.5 Å². The van der Waals surface area contributed by atoms with Gasteiger partial charge in [0.25, 0.3) is 0 Å². The van der Waals surface area contributed by atoms with Crippen LogP contribution in [-0.2, 0) is 6.54 Å². The van der Waals surface area contributed by atoms with Gasteiger partial charge in [0.15, 0.2) is 0 Å². The Morgan fingerprint density at radius 3 is 2.59 bits per heavy atom. The third-order valence-electron chi connectivity index (χ3n) is 5.34. The van der Waals surface area contributed by atoms with Crippen LogP contribution >= 0.6 is 0 Å². The molecule has 2 aromatic rings. The van der Waals surface area contributed by atoms with Gasteiger partial charge in [-0.2, -0.15) is 0 Å². The minimum atomic E-state index is -0.291. The molecular weight excluding hydrogens is 367 g/mol. The van der Waals surface area contributed by atoms with Gasteiger partial charge in [-0.25, -0.2) is 9.18 Å². The molecule has 2 aromatic carbocycles. The highest BCUT2D eigenvalue weighted by Gasteiger charge is 2.18. The molecule has 1 atom stereocenters. The average molecular weight is 399 g/mol. The number of nitrogens with one attached hydrogen (secondary N) is 2. The van der Waals surface area contributed by atoms with E-state index in [4.69, 9.17) is 0 Å². The summed E-state index contributed by atoms with van der Waals surface area (Å²) >= 11 is 0. The maximum atomic E-state index is 13.2. The molecule has 29 heavy (non-hydrogen) atoms. The zero-order valence-electron chi connectivity index (χ0n) is 17.3. The monoisotopic (exact) mass is 398 g/mol. The molecule has 0 aromatic heterocycles. The number of benzene rings is 2. The number of halogens is 1. The van der Waals surface area contributed by atoms with E-state index in [1.54, 1.807) is 12.1 Å². The Bertz CT molecular complexity index is 805. The first-order chi connectivity index (χ1) is 14.0. The van der Waals surface area contributed by atoms with Gasteiger partial charge in [0.1, 0.15) is 5.82 Å². The predicted molar refractivity (Wildman–Crippen MR) is 116 cm³/mol. The normalized spacial score (nSPS) is 15.8. The van der Waals surface area contributed by atoms with E-state index in [1.165, 1.54) is 23.4 Å². The van der Waals surface area contributed by atoms with Crippen molar-refractivity contribution in [3.63, 3.8) is 0 Å². The van der Waals surface area contributed by atoms with Crippen LogP contribution in [0.2, 0.25) is 0 Å². The quantitative estimate of drug-likeness (QED) is 0.750. The van der Waals surface area contributed by atoms with Crippen LogP contribution in [0.1, 0.15) is 24.5 Å². The number of carbonyl (C=O) groups is 1. The fourth-order valence-electron chi connectivity index (χ4n) is 3.61. The smallest absolute Gasteiger partial charge is 0.315 e. The fraction of sp³-hybridized carbons (Fsp3) is 0.435. The van der Waals surface area contributed by atoms with E-state index in [-0.39, 0.29) is 17.9 Å². The van der Waals surface area contributed by atoms with Gasteiger partial charge in [-0.05, 0) is 55.7 Å². The van der Waals surface area contributed by atoms with Crippen LogP contribution in [0.15, 0.2) is 48.5 Å². The number of aryl methyl sites for hydroxylation is 1. The Kier molecular flexibility index (Phi) is 7.47. The first kappa shape index (κ1) is 21.1. The molecule has 1 fully saturated rings. The number of piperazine rings is 1. The van der Waals surface area contributed by atoms with Crippen molar-refractivity contribution in [2.24, 2.45) is 0 Å². The summed E-state index contributed by atoms with van der Waals surface area (Å²) in [4.78, 5) is 16.9. The number of nitrogens with zero attached hydrogens (tertiary/aromatic N) is 2. The van der Waals surface area contributed by atoms with E-state index < -0.39 is 0 Å². The van der Waals surface area contributed by atoms with Gasteiger partial charge in [0, 0.05) is 51.0 Å². The zero-order chi connectivity index (χ0) is 20.6. The Morgan fingerprint density at radius 2 is 1.86 bits per heavy atom. The second kappa shape index (κ2) is 10.3. The SMILES string of the molecule is Cc1cccc(N2CCN(CCC(C)NC(=O)NCc3cccc(F)c3)CC2)c1. The molecule has 0 spiro atoms. The largest absolute Gasteiger partial charge is 0.369 e. The number of hydrogen-bond acceptors (Lipinski definition) is 3. The Hall–Kier alpha value is -2.60. The van der Waals surface area contributed by atoms with E-state index in [9.17, 15) is 9.18 Å². The minimum Gasteiger partial charge on any atom is -0.369 e. The van der Waals surface area contributed by atoms with Gasteiger partial charge >= 0.3 is 6.03 Å². The maximum absolute atomic E-state index is 13.2. The number of carbonyl (C=O) groups excluding carboxylic acids is 1. The summed E-state index contributed by atoms with van der Waals surface area (Å²) in [7, 11) is 0. The summed E-state index contributed by atoms with van der Waals surface area (Å²) in [6.45, 7) is 9.55. The molecule has 1 heterocycles. The number of anilines is 1. The van der Waals surface area contributed by atoms with Crippen molar-refractivity contribution >= 4 is 11.7 Å². The Balaban J connectivity index is 1.33. The molecule has 3 rings (SSSR count). The van der Waals surface area contributed by atoms with Gasteiger partial charge in [-0.3, -0.25) is 4.90 Å². The van der Waals surface area contributed by atoms with Crippen LogP contribution in [-0.4, -0.2) is 49.7 Å². The van der Waals surface area contributed by atoms with E-state index in [2.05, 4.69) is 51.6 Å². The standard InChI is InChI=1S/C23H31FN4O/c1-18-5-3-8-22(15-18)28-13-11-27(12-14-28)10-9-19(2)26-23(29)25-17-20-6-4-7-21(24)16-20/h3-8,15-16,19H,9-14,17H2,1-2H3,(H2,25,26,29). The van der Waals surface area contributed by atoms with Gasteiger partial charge in [0.2, 0.25) is 0 Å². The molecule has 2 amide bonds. The molecule has 1 unspecified atom stereocenters. The molecule has 0 saturated carbocycles. The third kappa shape index (κ3) is 6.75. The van der Waals surface area contributed by atoms with Crippen LogP contribution in [0.5, 0.6) is 0 Å². The van der Waals surface area contributed by atoms with Gasteiger partial charge in [-0.1, -0.05) is 24.3 Å². The van der Waals surface area contributed by atoms with Gasteiger partial charge < -0.3 is 15.5 Å². The number of rotatable bonds is 7. The zero-order valence-corrected chi connectivity index (χ0v) is 17.3. The second-order valence-corrected chi connectivity index (χ2v) is 7.81. The summed E-state index contributed by atoms with van der Waals surface area (Å²) in [5.41, 5.74) is 3.34. The lowest BCUT2D eigenvalue weighted by atomic mass is 10.1. The molecule has 2 N–H and O–H groups in total. The summed E-state index contributed by atoms with van der Waals surface area (Å²) in [5, 5.41) is 5.75. The first-order valence-corrected chi connectivity index (χ1v) is 10.3. The molecule has 5 nitrogen and oxygen atoms in total. The minimum absolute atomic E-state index is 0.0808. The lowest BCUT2D eigenvalue weighted by Crippen LogP contribution is -2.48. The molecule has 6 heteroatoms. The first-order valence-electron chi connectivity index (χ1n) is 10.3. The molecule has 0 radical (unpaired) electrons. The van der Waals surface area contributed by atoms with Crippen molar-refractivity contribution in [1.82, 2.24) is 15.5 Å². The van der Waals surface area contributed by atoms with Crippen molar-refractivity contribution in [1.29, 1.82) is 0 Å². The van der Waals surface area contributed by atoms with Crippen LogP contribution in [0, 0.1) is 12.7 Å². The van der Waals surface area contributed by atoms with Crippen LogP contribution in [0.3, 0.4) is 0 Å². The van der Waals surface area contributed by atoms with Crippen LogP contribution in [0.25, 0.3) is 0 Å². The van der Waals surface area contributed by atoms with E-state index in [1.807, 2.05) is 6.92 Å². The van der Waals surface area contributed by atoms with Crippen molar-refractivity contribution in [3.8, 4) is 0 Å². The van der Waals surface area contributed by atoms with Crippen LogP contribution < -0.4 is 15.5 Å². The fourth-order valence-corrected chi connectivity index (χ4v) is 3.61. The predicted octanol–water partition coefficient (Wildman–Crippen LogP) is 3.53. The van der Waals surface area contributed by atoms with Crippen LogP contribution in [0.4, 0.5) is 14.9 Å². The van der Waals surface area contributed by atoms with Crippen molar-refractivity contribution in [2.45, 2.75) is 32.9 Å². The lowest BCUT2D eigenvalue weighted by Gasteiger charge is -2.36. The van der Waals surface area contributed by atoms with E-state index >= 15 is 0 Å². The molecule has 0 aliphatic carbocycles. The summed E-state index contributed by atoms with van der Waals surface area (Å²) < 4.78 is 13.2.